The van der Waals surface area contributed by atoms with Crippen molar-refractivity contribution in [2.45, 2.75) is 13.3 Å². The summed E-state index contributed by atoms with van der Waals surface area (Å²) in [4.78, 5) is 4.03. The number of ether oxygens (including phenoxy) is 2. The Hall–Kier alpha value is -1.29. The van der Waals surface area contributed by atoms with Gasteiger partial charge in [-0.3, -0.25) is 0 Å². The molecule has 84 valence electrons. The monoisotopic (exact) mass is 210 g/mol. The van der Waals surface area contributed by atoms with Crippen molar-refractivity contribution in [3.63, 3.8) is 0 Å². The SMILES string of the molecule is CCOCCCNc1ccnc(OC)c1. The Morgan fingerprint density at radius 3 is 3.07 bits per heavy atom. The van der Waals surface area contributed by atoms with Gasteiger partial charge in [-0.05, 0) is 19.4 Å². The fourth-order valence-electron chi connectivity index (χ4n) is 1.18. The first-order valence-corrected chi connectivity index (χ1v) is 5.18. The number of methoxy groups -OCH3 is 1. The molecule has 15 heavy (non-hydrogen) atoms. The number of nitrogens with one attached hydrogen (secondary N) is 1. The molecule has 0 fully saturated rings. The minimum Gasteiger partial charge on any atom is -0.481 e. The molecular weight excluding hydrogens is 192 g/mol. The average molecular weight is 210 g/mol. The van der Waals surface area contributed by atoms with Gasteiger partial charge in [0.15, 0.2) is 0 Å². The molecule has 0 spiro atoms. The van der Waals surface area contributed by atoms with E-state index in [0.717, 1.165) is 31.9 Å². The minimum absolute atomic E-state index is 0.629. The van der Waals surface area contributed by atoms with E-state index in [2.05, 4.69) is 10.3 Å². The molecule has 0 radical (unpaired) electrons. The molecular formula is C11H18N2O2. The molecule has 4 nitrogen and oxygen atoms in total. The van der Waals surface area contributed by atoms with Crippen LogP contribution >= 0.6 is 0 Å². The number of aromatic nitrogens is 1. The second-order valence-corrected chi connectivity index (χ2v) is 3.06. The predicted octanol–water partition coefficient (Wildman–Crippen LogP) is 1.93. The first-order valence-electron chi connectivity index (χ1n) is 5.18. The fraction of sp³-hybridized carbons (Fsp3) is 0.545. The van der Waals surface area contributed by atoms with Crippen molar-refractivity contribution in [1.29, 1.82) is 0 Å². The molecule has 1 N–H and O–H groups in total. The van der Waals surface area contributed by atoms with E-state index in [9.17, 15) is 0 Å². The number of pyridine rings is 1. The van der Waals surface area contributed by atoms with E-state index < -0.39 is 0 Å². The lowest BCUT2D eigenvalue weighted by Gasteiger charge is -2.07. The van der Waals surface area contributed by atoms with Crippen molar-refractivity contribution in [1.82, 2.24) is 4.98 Å². The van der Waals surface area contributed by atoms with Crippen LogP contribution in [0.3, 0.4) is 0 Å². The van der Waals surface area contributed by atoms with Gasteiger partial charge in [-0.15, -0.1) is 0 Å². The zero-order chi connectivity index (χ0) is 10.9. The Balaban J connectivity index is 2.24. The molecule has 0 bridgehead atoms. The maximum Gasteiger partial charge on any atom is 0.214 e. The molecule has 0 aromatic carbocycles. The van der Waals surface area contributed by atoms with Crippen molar-refractivity contribution >= 4 is 5.69 Å². The van der Waals surface area contributed by atoms with Gasteiger partial charge in [-0.25, -0.2) is 4.98 Å². The second kappa shape index (κ2) is 7.06. The summed E-state index contributed by atoms with van der Waals surface area (Å²) < 4.78 is 10.3. The Bertz CT molecular complexity index is 279. The van der Waals surface area contributed by atoms with Gasteiger partial charge in [-0.1, -0.05) is 0 Å². The summed E-state index contributed by atoms with van der Waals surface area (Å²) in [5.41, 5.74) is 1.03. The van der Waals surface area contributed by atoms with Crippen molar-refractivity contribution in [3.8, 4) is 5.88 Å². The zero-order valence-electron chi connectivity index (χ0n) is 9.32. The van der Waals surface area contributed by atoms with E-state index in [1.807, 2.05) is 19.1 Å². The third kappa shape index (κ3) is 4.65. The summed E-state index contributed by atoms with van der Waals surface area (Å²) in [6.07, 6.45) is 2.72. The lowest BCUT2D eigenvalue weighted by Crippen LogP contribution is -2.05. The molecule has 0 saturated carbocycles. The van der Waals surface area contributed by atoms with Crippen LogP contribution in [0.5, 0.6) is 5.88 Å². The highest BCUT2D eigenvalue weighted by molar-refractivity contribution is 5.44. The highest BCUT2D eigenvalue weighted by Crippen LogP contribution is 2.12. The van der Waals surface area contributed by atoms with Gasteiger partial charge in [0.05, 0.1) is 7.11 Å². The Morgan fingerprint density at radius 1 is 1.47 bits per heavy atom. The third-order valence-electron chi connectivity index (χ3n) is 1.94. The molecule has 1 rings (SSSR count). The highest BCUT2D eigenvalue weighted by Gasteiger charge is 1.95. The smallest absolute Gasteiger partial charge is 0.214 e. The van der Waals surface area contributed by atoms with Crippen molar-refractivity contribution in [2.24, 2.45) is 0 Å². The molecule has 4 heteroatoms. The molecule has 0 amide bonds. The number of hydrogen-bond acceptors (Lipinski definition) is 4. The molecule has 0 aliphatic heterocycles. The molecule has 1 aromatic rings. The number of nitrogens with zero attached hydrogens (tertiary/aromatic N) is 1. The van der Waals surface area contributed by atoms with Crippen molar-refractivity contribution in [3.05, 3.63) is 18.3 Å². The lowest BCUT2D eigenvalue weighted by atomic mass is 10.3. The molecule has 0 aliphatic carbocycles. The summed E-state index contributed by atoms with van der Waals surface area (Å²) in [7, 11) is 1.61. The van der Waals surface area contributed by atoms with Gasteiger partial charge in [-0.2, -0.15) is 0 Å². The first-order chi connectivity index (χ1) is 7.36. The van der Waals surface area contributed by atoms with Gasteiger partial charge in [0, 0.05) is 37.7 Å². The Morgan fingerprint density at radius 2 is 2.33 bits per heavy atom. The highest BCUT2D eigenvalue weighted by atomic mass is 16.5. The van der Waals surface area contributed by atoms with Crippen LogP contribution in [0.15, 0.2) is 18.3 Å². The molecule has 0 unspecified atom stereocenters. The minimum atomic E-state index is 0.629. The van der Waals surface area contributed by atoms with Crippen LogP contribution < -0.4 is 10.1 Å². The topological polar surface area (TPSA) is 43.4 Å². The number of hydrogen-bond donors (Lipinski definition) is 1. The molecule has 0 atom stereocenters. The largest absolute Gasteiger partial charge is 0.481 e. The summed E-state index contributed by atoms with van der Waals surface area (Å²) >= 11 is 0. The summed E-state index contributed by atoms with van der Waals surface area (Å²) in [6, 6.07) is 3.80. The fourth-order valence-corrected chi connectivity index (χ4v) is 1.18. The van der Waals surface area contributed by atoms with E-state index in [4.69, 9.17) is 9.47 Å². The van der Waals surface area contributed by atoms with E-state index in [1.165, 1.54) is 0 Å². The van der Waals surface area contributed by atoms with Gasteiger partial charge in [0.2, 0.25) is 5.88 Å². The third-order valence-corrected chi connectivity index (χ3v) is 1.94. The lowest BCUT2D eigenvalue weighted by molar-refractivity contribution is 0.147. The zero-order valence-corrected chi connectivity index (χ0v) is 9.32. The molecule has 0 aliphatic rings. The van der Waals surface area contributed by atoms with Gasteiger partial charge in [0.25, 0.3) is 0 Å². The number of anilines is 1. The predicted molar refractivity (Wildman–Crippen MR) is 60.4 cm³/mol. The molecule has 1 aromatic heterocycles. The van der Waals surface area contributed by atoms with Crippen molar-refractivity contribution < 1.29 is 9.47 Å². The summed E-state index contributed by atoms with van der Waals surface area (Å²) in [6.45, 7) is 4.48. The second-order valence-electron chi connectivity index (χ2n) is 3.06. The summed E-state index contributed by atoms with van der Waals surface area (Å²) in [5, 5.41) is 3.28. The van der Waals surface area contributed by atoms with E-state index >= 15 is 0 Å². The Kier molecular flexibility index (Phi) is 5.55. The average Bonchev–Trinajstić information content (AvgIpc) is 2.29. The number of rotatable bonds is 7. The van der Waals surface area contributed by atoms with E-state index in [1.54, 1.807) is 13.3 Å². The first kappa shape index (κ1) is 11.8. The van der Waals surface area contributed by atoms with Gasteiger partial charge in [0.1, 0.15) is 0 Å². The van der Waals surface area contributed by atoms with Crippen LogP contribution in [0.2, 0.25) is 0 Å². The van der Waals surface area contributed by atoms with Crippen LogP contribution in [-0.2, 0) is 4.74 Å². The maximum absolute atomic E-state index is 5.24. The molecule has 1 heterocycles. The standard InChI is InChI=1S/C11H18N2O2/c1-3-15-8-4-6-12-10-5-7-13-11(9-10)14-2/h5,7,9H,3-4,6,8H2,1-2H3,(H,12,13). The molecule has 0 saturated heterocycles. The van der Waals surface area contributed by atoms with E-state index in [0.29, 0.717) is 5.88 Å². The van der Waals surface area contributed by atoms with Gasteiger partial charge < -0.3 is 14.8 Å². The van der Waals surface area contributed by atoms with Gasteiger partial charge >= 0.3 is 0 Å². The van der Waals surface area contributed by atoms with Crippen LogP contribution in [0.25, 0.3) is 0 Å². The Labute approximate surface area is 90.6 Å². The van der Waals surface area contributed by atoms with Crippen LogP contribution in [0, 0.1) is 0 Å². The van der Waals surface area contributed by atoms with Crippen LogP contribution in [0.1, 0.15) is 13.3 Å². The van der Waals surface area contributed by atoms with E-state index in [-0.39, 0.29) is 0 Å². The van der Waals surface area contributed by atoms with Crippen molar-refractivity contribution in [2.75, 3.05) is 32.2 Å². The van der Waals surface area contributed by atoms with Crippen LogP contribution in [-0.4, -0.2) is 31.9 Å². The summed E-state index contributed by atoms with van der Waals surface area (Å²) in [5.74, 6) is 0.629. The normalized spacial score (nSPS) is 10.0. The quantitative estimate of drug-likeness (QED) is 0.698. The van der Waals surface area contributed by atoms with Crippen LogP contribution in [0.4, 0.5) is 5.69 Å². The maximum atomic E-state index is 5.24.